The second-order valence-electron chi connectivity index (χ2n) is 3.49. The van der Waals surface area contributed by atoms with Gasteiger partial charge in [0.05, 0.1) is 6.20 Å². The maximum Gasteiger partial charge on any atom is 0.244 e. The van der Waals surface area contributed by atoms with Gasteiger partial charge in [0, 0.05) is 20.6 Å². The van der Waals surface area contributed by atoms with E-state index in [1.54, 1.807) is 22.8 Å². The van der Waals surface area contributed by atoms with Crippen molar-refractivity contribution < 1.29 is 4.79 Å². The Morgan fingerprint density at radius 2 is 2.36 bits per heavy atom. The van der Waals surface area contributed by atoms with Gasteiger partial charge >= 0.3 is 0 Å². The molecule has 2 heterocycles. The van der Waals surface area contributed by atoms with Crippen LogP contribution in [0.25, 0.3) is 0 Å². The first-order chi connectivity index (χ1) is 6.68. The number of carbonyl (C=O) groups is 1. The topological polar surface area (TPSA) is 63.0 Å². The van der Waals surface area contributed by atoms with Crippen molar-refractivity contribution in [2.24, 2.45) is 7.05 Å². The molecule has 0 saturated carbocycles. The summed E-state index contributed by atoms with van der Waals surface area (Å²) in [5.74, 6) is 0.907. The highest BCUT2D eigenvalue weighted by atomic mass is 16.2. The second-order valence-corrected chi connectivity index (χ2v) is 3.49. The molecule has 1 atom stereocenters. The number of nitrogens with zero attached hydrogens (tertiary/aromatic N) is 4. The molecule has 76 valence electrons. The normalized spacial score (nSPS) is 21.7. The number of nitrogens with one attached hydrogen (secondary N) is 1. The Bertz CT molecular complexity index is 347. The molecule has 14 heavy (non-hydrogen) atoms. The minimum absolute atomic E-state index is 0.128. The van der Waals surface area contributed by atoms with Gasteiger partial charge in [0.1, 0.15) is 11.9 Å². The fourth-order valence-corrected chi connectivity index (χ4v) is 1.56. The lowest BCUT2D eigenvalue weighted by Crippen LogP contribution is -2.31. The van der Waals surface area contributed by atoms with Crippen LogP contribution in [-0.2, 0) is 11.8 Å². The maximum atomic E-state index is 11.6. The lowest BCUT2D eigenvalue weighted by atomic mass is 10.2. The molecule has 1 unspecified atom stereocenters. The number of anilines is 1. The molecule has 6 nitrogen and oxygen atoms in total. The van der Waals surface area contributed by atoms with E-state index in [1.807, 2.05) is 7.05 Å². The Kier molecular flexibility index (Phi) is 2.11. The Hall–Kier alpha value is -1.59. The van der Waals surface area contributed by atoms with Gasteiger partial charge in [-0.1, -0.05) is 5.21 Å². The zero-order chi connectivity index (χ0) is 10.1. The van der Waals surface area contributed by atoms with Gasteiger partial charge in [-0.2, -0.15) is 0 Å². The molecular weight excluding hydrogens is 182 g/mol. The predicted molar refractivity (Wildman–Crippen MR) is 50.7 cm³/mol. The second kappa shape index (κ2) is 3.28. The molecule has 1 aliphatic rings. The van der Waals surface area contributed by atoms with Crippen molar-refractivity contribution >= 4 is 11.7 Å². The van der Waals surface area contributed by atoms with Crippen LogP contribution in [0.4, 0.5) is 5.82 Å². The largest absolute Gasteiger partial charge is 0.357 e. The van der Waals surface area contributed by atoms with E-state index in [0.717, 1.165) is 18.8 Å². The van der Waals surface area contributed by atoms with Crippen LogP contribution in [0.15, 0.2) is 6.20 Å². The molecule has 1 fully saturated rings. The lowest BCUT2D eigenvalue weighted by Gasteiger charge is -2.12. The summed E-state index contributed by atoms with van der Waals surface area (Å²) in [5.41, 5.74) is 0. The fourth-order valence-electron chi connectivity index (χ4n) is 1.56. The highest BCUT2D eigenvalue weighted by molar-refractivity contribution is 5.86. The molecule has 0 aromatic carbocycles. The highest BCUT2D eigenvalue weighted by Crippen LogP contribution is 2.14. The van der Waals surface area contributed by atoms with Gasteiger partial charge in [0.25, 0.3) is 0 Å². The number of rotatable bonds is 2. The van der Waals surface area contributed by atoms with Crippen LogP contribution >= 0.6 is 0 Å². The molecule has 1 N–H and O–H groups in total. The van der Waals surface area contributed by atoms with E-state index in [-0.39, 0.29) is 11.9 Å². The van der Waals surface area contributed by atoms with E-state index in [9.17, 15) is 4.79 Å². The Balaban J connectivity index is 2.06. The maximum absolute atomic E-state index is 11.6. The first-order valence-corrected chi connectivity index (χ1v) is 4.54. The number of likely N-dealkylation sites (N-methyl/N-ethyl adjacent to an activating group) is 1. The number of aromatic nitrogens is 3. The smallest absolute Gasteiger partial charge is 0.244 e. The summed E-state index contributed by atoms with van der Waals surface area (Å²) < 4.78 is 1.62. The van der Waals surface area contributed by atoms with Gasteiger partial charge in [-0.15, -0.1) is 5.10 Å². The number of amides is 1. The number of likely N-dealkylation sites (tertiary alicyclic amines) is 1. The molecule has 1 amide bonds. The molecule has 1 aromatic rings. The van der Waals surface area contributed by atoms with Gasteiger partial charge in [0.2, 0.25) is 5.91 Å². The quantitative estimate of drug-likeness (QED) is 0.688. The van der Waals surface area contributed by atoms with Crippen molar-refractivity contribution in [3.05, 3.63) is 6.20 Å². The Labute approximate surface area is 81.9 Å². The first-order valence-electron chi connectivity index (χ1n) is 4.54. The standard InChI is InChI=1S/C8H13N5O/c1-12-4-3-6(8(12)14)10-7-5-9-11-13(7)2/h5-6,10H,3-4H2,1-2H3. The van der Waals surface area contributed by atoms with E-state index < -0.39 is 0 Å². The Morgan fingerprint density at radius 1 is 1.57 bits per heavy atom. The average molecular weight is 195 g/mol. The molecule has 0 radical (unpaired) electrons. The average Bonchev–Trinajstić information content (AvgIpc) is 2.68. The van der Waals surface area contributed by atoms with Crippen molar-refractivity contribution in [2.45, 2.75) is 12.5 Å². The minimum Gasteiger partial charge on any atom is -0.357 e. The molecule has 0 bridgehead atoms. The van der Waals surface area contributed by atoms with Crippen molar-refractivity contribution in [1.29, 1.82) is 0 Å². The molecule has 1 aromatic heterocycles. The van der Waals surface area contributed by atoms with Crippen molar-refractivity contribution in [1.82, 2.24) is 19.9 Å². The number of hydrogen-bond donors (Lipinski definition) is 1. The van der Waals surface area contributed by atoms with E-state index in [4.69, 9.17) is 0 Å². The molecule has 1 aliphatic heterocycles. The van der Waals surface area contributed by atoms with Crippen LogP contribution in [0, 0.1) is 0 Å². The highest BCUT2D eigenvalue weighted by Gasteiger charge is 2.29. The van der Waals surface area contributed by atoms with Gasteiger partial charge in [-0.3, -0.25) is 4.79 Å². The van der Waals surface area contributed by atoms with Gasteiger partial charge in [0.15, 0.2) is 0 Å². The third-order valence-electron chi connectivity index (χ3n) is 2.46. The fraction of sp³-hybridized carbons (Fsp3) is 0.625. The van der Waals surface area contributed by atoms with Crippen molar-refractivity contribution in [2.75, 3.05) is 18.9 Å². The molecule has 0 aliphatic carbocycles. The minimum atomic E-state index is -0.128. The molecular formula is C8H13N5O. The summed E-state index contributed by atoms with van der Waals surface area (Å²) in [6, 6.07) is -0.128. The van der Waals surface area contributed by atoms with Crippen molar-refractivity contribution in [3.63, 3.8) is 0 Å². The van der Waals surface area contributed by atoms with E-state index in [1.165, 1.54) is 0 Å². The van der Waals surface area contributed by atoms with E-state index in [0.29, 0.717) is 0 Å². The van der Waals surface area contributed by atoms with E-state index >= 15 is 0 Å². The third kappa shape index (κ3) is 1.43. The van der Waals surface area contributed by atoms with Crippen LogP contribution in [-0.4, -0.2) is 45.4 Å². The Morgan fingerprint density at radius 3 is 2.86 bits per heavy atom. The van der Waals surface area contributed by atoms with Crippen LogP contribution < -0.4 is 5.32 Å². The number of hydrogen-bond acceptors (Lipinski definition) is 4. The summed E-state index contributed by atoms with van der Waals surface area (Å²) in [6.45, 7) is 0.807. The van der Waals surface area contributed by atoms with Crippen LogP contribution in [0.1, 0.15) is 6.42 Å². The van der Waals surface area contributed by atoms with Crippen LogP contribution in [0.5, 0.6) is 0 Å². The van der Waals surface area contributed by atoms with Crippen LogP contribution in [0.2, 0.25) is 0 Å². The zero-order valence-electron chi connectivity index (χ0n) is 8.27. The summed E-state index contributed by atoms with van der Waals surface area (Å²) in [6.07, 6.45) is 2.45. The zero-order valence-corrected chi connectivity index (χ0v) is 8.27. The summed E-state index contributed by atoms with van der Waals surface area (Å²) in [4.78, 5) is 13.3. The SMILES string of the molecule is CN1CCC(Nc2cnnn2C)C1=O. The molecule has 2 rings (SSSR count). The van der Waals surface area contributed by atoms with Gasteiger partial charge in [-0.05, 0) is 6.42 Å². The predicted octanol–water partition coefficient (Wildman–Crippen LogP) is -0.542. The summed E-state index contributed by atoms with van der Waals surface area (Å²) >= 11 is 0. The molecule has 6 heteroatoms. The summed E-state index contributed by atoms with van der Waals surface area (Å²) in [7, 11) is 3.60. The first kappa shape index (κ1) is 8.98. The number of aryl methyl sites for hydroxylation is 1. The van der Waals surface area contributed by atoms with Crippen molar-refractivity contribution in [3.8, 4) is 0 Å². The summed E-state index contributed by atoms with van der Waals surface area (Å²) in [5, 5.41) is 10.6. The van der Waals surface area contributed by atoms with Gasteiger partial charge < -0.3 is 10.2 Å². The lowest BCUT2D eigenvalue weighted by molar-refractivity contribution is -0.127. The number of carbonyl (C=O) groups excluding carboxylic acids is 1. The van der Waals surface area contributed by atoms with Crippen LogP contribution in [0.3, 0.4) is 0 Å². The molecule has 0 spiro atoms. The molecule has 1 saturated heterocycles. The third-order valence-corrected chi connectivity index (χ3v) is 2.46. The van der Waals surface area contributed by atoms with E-state index in [2.05, 4.69) is 15.6 Å². The van der Waals surface area contributed by atoms with Gasteiger partial charge in [-0.25, -0.2) is 4.68 Å². The monoisotopic (exact) mass is 195 g/mol.